The third-order valence-corrected chi connectivity index (χ3v) is 8.13. The first-order valence-corrected chi connectivity index (χ1v) is 15.5. The second kappa shape index (κ2) is 11.7. The molecular weight excluding hydrogens is 570 g/mol. The molecule has 1 aliphatic rings. The number of carbonyl (C=O) groups excluding carboxylic acids is 1. The summed E-state index contributed by atoms with van der Waals surface area (Å²) >= 11 is 0. The van der Waals surface area contributed by atoms with Crippen LogP contribution >= 0.6 is 0 Å². The van der Waals surface area contributed by atoms with Crippen LogP contribution in [0.25, 0.3) is 32.3 Å². The number of hydrogen-bond acceptors (Lipinski definition) is 6. The Labute approximate surface area is 261 Å². The van der Waals surface area contributed by atoms with Crippen LogP contribution in [0, 0.1) is 0 Å². The van der Waals surface area contributed by atoms with Gasteiger partial charge >= 0.3 is 5.69 Å². The Morgan fingerprint density at radius 2 is 1.51 bits per heavy atom. The Morgan fingerprint density at radius 1 is 0.889 bits per heavy atom. The molecule has 4 atom stereocenters. The van der Waals surface area contributed by atoms with Gasteiger partial charge in [0.05, 0.1) is 17.8 Å². The number of ether oxygens (including phenoxy) is 3. The van der Waals surface area contributed by atoms with Gasteiger partial charge in [0.2, 0.25) is 5.91 Å². The quantitative estimate of drug-likeness (QED) is 0.226. The molecule has 236 valence electrons. The highest BCUT2D eigenvalue weighted by Gasteiger charge is 2.49. The summed E-state index contributed by atoms with van der Waals surface area (Å²) < 4.78 is 20.2. The predicted octanol–water partition coefficient (Wildman–Crippen LogP) is 5.45. The van der Waals surface area contributed by atoms with Crippen LogP contribution in [0.2, 0.25) is 0 Å². The smallest absolute Gasteiger partial charge is 0.330 e. The van der Waals surface area contributed by atoms with Gasteiger partial charge in [-0.1, -0.05) is 54.6 Å². The Bertz CT molecular complexity index is 1900. The van der Waals surface area contributed by atoms with E-state index in [1.807, 2.05) is 41.5 Å². The summed E-state index contributed by atoms with van der Waals surface area (Å²) in [5, 5.41) is 10.3. The van der Waals surface area contributed by atoms with Gasteiger partial charge in [-0.25, -0.2) is 4.79 Å². The molecule has 9 nitrogen and oxygen atoms in total. The normalized spacial score (nSPS) is 20.8. The van der Waals surface area contributed by atoms with Crippen LogP contribution in [0.1, 0.15) is 59.8 Å². The lowest BCUT2D eigenvalue weighted by Crippen LogP contribution is -2.51. The van der Waals surface area contributed by atoms with Crippen LogP contribution in [-0.2, 0) is 25.4 Å². The second-order valence-electron chi connectivity index (χ2n) is 13.9. The Balaban J connectivity index is 1.27. The summed E-state index contributed by atoms with van der Waals surface area (Å²) in [6.07, 6.45) is 0.00550. The van der Waals surface area contributed by atoms with Gasteiger partial charge in [-0.3, -0.25) is 19.1 Å². The van der Waals surface area contributed by atoms with E-state index in [4.69, 9.17) is 14.2 Å². The lowest BCUT2D eigenvalue weighted by Gasteiger charge is -2.32. The molecule has 2 N–H and O–H groups in total. The zero-order valence-corrected chi connectivity index (χ0v) is 26.7. The first kappa shape index (κ1) is 31.0. The first-order chi connectivity index (χ1) is 21.3. The van der Waals surface area contributed by atoms with Crippen molar-refractivity contribution in [2.75, 3.05) is 6.61 Å². The van der Waals surface area contributed by atoms with E-state index in [1.54, 1.807) is 0 Å². The summed E-state index contributed by atoms with van der Waals surface area (Å²) in [6, 6.07) is 19.8. The summed E-state index contributed by atoms with van der Waals surface area (Å²) in [5.74, 6) is -0.198. The van der Waals surface area contributed by atoms with Crippen molar-refractivity contribution >= 4 is 38.2 Å². The lowest BCUT2D eigenvalue weighted by molar-refractivity contribution is -0.135. The molecule has 0 radical (unpaired) electrons. The van der Waals surface area contributed by atoms with Crippen LogP contribution in [-0.4, -0.2) is 51.5 Å². The molecule has 2 heterocycles. The van der Waals surface area contributed by atoms with Crippen LogP contribution in [0.5, 0.6) is 0 Å². The molecule has 0 bridgehead atoms. The van der Waals surface area contributed by atoms with E-state index >= 15 is 0 Å². The maximum Gasteiger partial charge on any atom is 0.330 e. The van der Waals surface area contributed by atoms with Crippen LogP contribution in [0.3, 0.4) is 0 Å². The maximum atomic E-state index is 13.6. The van der Waals surface area contributed by atoms with E-state index in [0.29, 0.717) is 6.42 Å². The number of H-pyrrole nitrogens is 1. The number of nitrogens with zero attached hydrogens (tertiary/aromatic N) is 1. The molecular formula is C36H41N3O6. The number of hydrogen-bond donors (Lipinski definition) is 2. The average molecular weight is 612 g/mol. The van der Waals surface area contributed by atoms with Gasteiger partial charge in [0.25, 0.3) is 5.56 Å². The van der Waals surface area contributed by atoms with Crippen LogP contribution in [0.15, 0.2) is 76.4 Å². The minimum absolute atomic E-state index is 0.189. The third kappa shape index (κ3) is 6.66. The SMILES string of the molecule is CC(C)(C)OC[C@H]1O[C@@H](n2ccc(=O)[nH]c2=O)[C@@H](NC(=O)CCc2cc3ccc4cccc5ccc(c2)c3c45)C1OC(C)(C)C. The summed E-state index contributed by atoms with van der Waals surface area (Å²) in [6.45, 7) is 11.8. The van der Waals surface area contributed by atoms with Gasteiger partial charge in [0, 0.05) is 18.7 Å². The fraction of sp³-hybridized carbons (Fsp3) is 0.417. The van der Waals surface area contributed by atoms with Gasteiger partial charge in [0.15, 0.2) is 6.23 Å². The van der Waals surface area contributed by atoms with Crippen molar-refractivity contribution in [3.8, 4) is 0 Å². The molecule has 1 aliphatic heterocycles. The largest absolute Gasteiger partial charge is 0.373 e. The van der Waals surface area contributed by atoms with E-state index in [-0.39, 0.29) is 18.9 Å². The number of benzene rings is 4. The van der Waals surface area contributed by atoms with Crippen molar-refractivity contribution in [2.45, 2.75) is 90.1 Å². The van der Waals surface area contributed by atoms with Crippen molar-refractivity contribution in [1.29, 1.82) is 0 Å². The van der Waals surface area contributed by atoms with E-state index < -0.39 is 46.9 Å². The standard InChI is InChI=1S/C36H41N3O6/c1-35(2,3)43-20-26-32(45-36(4,5)6)31(33(44-26)39-17-16-28(41)38-34(39)42)37-27(40)15-10-21-18-24-13-11-22-8-7-9-23-12-14-25(19-21)30(24)29(22)23/h7-9,11-14,16-19,26,31-33H,10,15,20H2,1-6H3,(H,37,40)(H,38,41,42)/t26-,31+,32?,33-/m1/s1. The number of nitrogens with one attached hydrogen (secondary N) is 2. The molecule has 0 aliphatic carbocycles. The van der Waals surface area contributed by atoms with Crippen molar-refractivity contribution in [1.82, 2.24) is 14.9 Å². The highest BCUT2D eigenvalue weighted by atomic mass is 16.6. The van der Waals surface area contributed by atoms with Crippen molar-refractivity contribution < 1.29 is 19.0 Å². The second-order valence-corrected chi connectivity index (χ2v) is 13.9. The van der Waals surface area contributed by atoms with Crippen LogP contribution < -0.4 is 16.6 Å². The van der Waals surface area contributed by atoms with E-state index in [9.17, 15) is 14.4 Å². The Kier molecular flexibility index (Phi) is 8.05. The highest BCUT2D eigenvalue weighted by molar-refractivity contribution is 6.23. The van der Waals surface area contributed by atoms with E-state index in [2.05, 4.69) is 64.9 Å². The topological polar surface area (TPSA) is 112 Å². The molecule has 45 heavy (non-hydrogen) atoms. The predicted molar refractivity (Wildman–Crippen MR) is 176 cm³/mol. The first-order valence-electron chi connectivity index (χ1n) is 15.5. The zero-order chi connectivity index (χ0) is 32.1. The van der Waals surface area contributed by atoms with Gasteiger partial charge in [-0.2, -0.15) is 0 Å². The molecule has 1 aromatic heterocycles. The highest BCUT2D eigenvalue weighted by Crippen LogP contribution is 2.36. The van der Waals surface area contributed by atoms with Gasteiger partial charge < -0.3 is 19.5 Å². The van der Waals surface area contributed by atoms with Gasteiger partial charge in [-0.15, -0.1) is 0 Å². The number of amides is 1. The molecule has 1 saturated heterocycles. The minimum Gasteiger partial charge on any atom is -0.373 e. The molecule has 4 aromatic carbocycles. The monoisotopic (exact) mass is 611 g/mol. The number of carbonyl (C=O) groups is 1. The summed E-state index contributed by atoms with van der Waals surface area (Å²) in [5.41, 5.74) is -1.10. The zero-order valence-electron chi connectivity index (χ0n) is 26.7. The van der Waals surface area contributed by atoms with Gasteiger partial charge in [0.1, 0.15) is 18.2 Å². The number of aromatic nitrogens is 2. The van der Waals surface area contributed by atoms with Gasteiger partial charge in [-0.05, 0) is 85.8 Å². The van der Waals surface area contributed by atoms with E-state index in [1.165, 1.54) is 38.4 Å². The van der Waals surface area contributed by atoms with Crippen molar-refractivity contribution in [3.63, 3.8) is 0 Å². The fourth-order valence-corrected chi connectivity index (χ4v) is 6.26. The molecule has 1 amide bonds. The minimum atomic E-state index is -0.919. The lowest BCUT2D eigenvalue weighted by atomic mass is 9.92. The summed E-state index contributed by atoms with van der Waals surface area (Å²) in [4.78, 5) is 40.6. The van der Waals surface area contributed by atoms with Crippen LogP contribution in [0.4, 0.5) is 0 Å². The molecule has 6 rings (SSSR count). The molecule has 0 spiro atoms. The molecule has 1 fully saturated rings. The third-order valence-electron chi connectivity index (χ3n) is 8.13. The maximum absolute atomic E-state index is 13.6. The number of rotatable bonds is 8. The molecule has 0 saturated carbocycles. The van der Waals surface area contributed by atoms with E-state index in [0.717, 1.165) is 16.3 Å². The Hall–Kier alpha value is -4.05. The molecule has 1 unspecified atom stereocenters. The van der Waals surface area contributed by atoms with Crippen molar-refractivity contribution in [2.24, 2.45) is 0 Å². The molecule has 9 heteroatoms. The number of aryl methyl sites for hydroxylation is 1. The number of aromatic amines is 1. The van der Waals surface area contributed by atoms with Crippen molar-refractivity contribution in [3.05, 3.63) is 93.3 Å². The molecule has 5 aromatic rings. The Morgan fingerprint density at radius 3 is 2.11 bits per heavy atom. The summed E-state index contributed by atoms with van der Waals surface area (Å²) in [7, 11) is 0. The fourth-order valence-electron chi connectivity index (χ4n) is 6.26. The average Bonchev–Trinajstić information content (AvgIpc) is 3.28.